The van der Waals surface area contributed by atoms with Crippen molar-refractivity contribution in [1.29, 1.82) is 0 Å². The number of carbonyl (C=O) groups excluding carboxylic acids is 2. The molecule has 0 radical (unpaired) electrons. The van der Waals surface area contributed by atoms with Crippen LogP contribution >= 0.6 is 0 Å². The molecular weight excluding hydrogens is 339 g/mol. The van der Waals surface area contributed by atoms with Gasteiger partial charge in [0.15, 0.2) is 0 Å². The first-order chi connectivity index (χ1) is 12.5. The third kappa shape index (κ3) is 3.46. The number of halogens is 1. The molecule has 0 atom stereocenters. The number of aromatic nitrogens is 1. The molecule has 0 spiro atoms. The molecule has 0 saturated heterocycles. The summed E-state index contributed by atoms with van der Waals surface area (Å²) in [5.74, 6) is -1.75. The molecule has 1 amide bonds. The lowest BCUT2D eigenvalue weighted by atomic mass is 10.1. The van der Waals surface area contributed by atoms with Crippen molar-refractivity contribution < 1.29 is 18.7 Å². The van der Waals surface area contributed by atoms with Crippen molar-refractivity contribution >= 4 is 28.5 Å². The summed E-state index contributed by atoms with van der Waals surface area (Å²) in [4.78, 5) is 39.4. The van der Waals surface area contributed by atoms with Crippen molar-refractivity contribution in [2.75, 3.05) is 11.9 Å². The van der Waals surface area contributed by atoms with Crippen LogP contribution in [0.5, 0.6) is 0 Å². The van der Waals surface area contributed by atoms with E-state index < -0.39 is 23.1 Å². The van der Waals surface area contributed by atoms with Crippen LogP contribution in [0.2, 0.25) is 0 Å². The second-order valence-electron chi connectivity index (χ2n) is 5.48. The number of esters is 1. The van der Waals surface area contributed by atoms with Gasteiger partial charge in [0, 0.05) is 28.4 Å². The van der Waals surface area contributed by atoms with Gasteiger partial charge in [-0.1, -0.05) is 6.07 Å². The summed E-state index contributed by atoms with van der Waals surface area (Å²) >= 11 is 0. The van der Waals surface area contributed by atoms with Gasteiger partial charge in [-0.2, -0.15) is 0 Å². The molecule has 0 saturated carbocycles. The van der Waals surface area contributed by atoms with Crippen LogP contribution in [0.4, 0.5) is 10.1 Å². The quantitative estimate of drug-likeness (QED) is 0.705. The fourth-order valence-corrected chi connectivity index (χ4v) is 2.49. The molecule has 0 aliphatic rings. The molecule has 2 aromatic carbocycles. The number of anilines is 1. The molecule has 2 N–H and O–H groups in total. The lowest BCUT2D eigenvalue weighted by Crippen LogP contribution is -2.18. The van der Waals surface area contributed by atoms with Crippen molar-refractivity contribution in [2.24, 2.45) is 0 Å². The van der Waals surface area contributed by atoms with Gasteiger partial charge in [0.05, 0.1) is 6.61 Å². The maximum absolute atomic E-state index is 13.2. The third-order valence-corrected chi connectivity index (χ3v) is 3.72. The predicted molar refractivity (Wildman–Crippen MR) is 94.9 cm³/mol. The first kappa shape index (κ1) is 17.3. The van der Waals surface area contributed by atoms with E-state index in [1.165, 1.54) is 30.5 Å². The van der Waals surface area contributed by atoms with Crippen molar-refractivity contribution in [1.82, 2.24) is 4.98 Å². The van der Waals surface area contributed by atoms with Gasteiger partial charge in [0.1, 0.15) is 11.4 Å². The summed E-state index contributed by atoms with van der Waals surface area (Å²) in [5.41, 5.74) is 0.386. The standard InChI is InChI=1S/C19H15FN2O4/c1-2-26-19(25)15-10-21-16-7-6-13(9-14(16)17(15)23)22-18(24)11-4-3-5-12(20)8-11/h3-10H,2H2,1H3,(H,21,23)(H,22,24). The fraction of sp³-hybridized carbons (Fsp3) is 0.105. The highest BCUT2D eigenvalue weighted by Gasteiger charge is 2.15. The molecule has 1 aromatic heterocycles. The summed E-state index contributed by atoms with van der Waals surface area (Å²) in [6, 6.07) is 9.91. The molecule has 26 heavy (non-hydrogen) atoms. The molecule has 1 heterocycles. The minimum Gasteiger partial charge on any atom is -0.462 e. The molecule has 7 heteroatoms. The van der Waals surface area contributed by atoms with Gasteiger partial charge >= 0.3 is 5.97 Å². The number of rotatable bonds is 4. The smallest absolute Gasteiger partial charge is 0.343 e. The minimum absolute atomic E-state index is 0.118. The van der Waals surface area contributed by atoms with E-state index in [0.29, 0.717) is 11.2 Å². The van der Waals surface area contributed by atoms with Crippen LogP contribution in [-0.4, -0.2) is 23.5 Å². The van der Waals surface area contributed by atoms with Gasteiger partial charge in [0.25, 0.3) is 5.91 Å². The second-order valence-corrected chi connectivity index (χ2v) is 5.48. The average molecular weight is 354 g/mol. The van der Waals surface area contributed by atoms with Gasteiger partial charge < -0.3 is 15.0 Å². The first-order valence-corrected chi connectivity index (χ1v) is 7.89. The van der Waals surface area contributed by atoms with Gasteiger partial charge in [-0.25, -0.2) is 9.18 Å². The lowest BCUT2D eigenvalue weighted by Gasteiger charge is -2.08. The number of ether oxygens (including phenoxy) is 1. The summed E-state index contributed by atoms with van der Waals surface area (Å²) in [5, 5.41) is 2.83. The Morgan fingerprint density at radius 3 is 2.73 bits per heavy atom. The Bertz CT molecular complexity index is 1060. The van der Waals surface area contributed by atoms with E-state index in [0.717, 1.165) is 6.07 Å². The predicted octanol–water partition coefficient (Wildman–Crippen LogP) is 3.10. The Morgan fingerprint density at radius 2 is 2.00 bits per heavy atom. The Labute approximate surface area is 147 Å². The second kappa shape index (κ2) is 7.18. The summed E-state index contributed by atoms with van der Waals surface area (Å²) in [6.45, 7) is 1.80. The number of benzene rings is 2. The largest absolute Gasteiger partial charge is 0.462 e. The minimum atomic E-state index is -0.718. The third-order valence-electron chi connectivity index (χ3n) is 3.72. The summed E-state index contributed by atoms with van der Waals surface area (Å²) in [6.07, 6.45) is 1.30. The van der Waals surface area contributed by atoms with E-state index in [9.17, 15) is 18.8 Å². The average Bonchev–Trinajstić information content (AvgIpc) is 2.62. The van der Waals surface area contributed by atoms with Crippen molar-refractivity contribution in [3.63, 3.8) is 0 Å². The molecule has 0 unspecified atom stereocenters. The molecule has 0 aliphatic carbocycles. The van der Waals surface area contributed by atoms with Crippen LogP contribution in [0.15, 0.2) is 53.5 Å². The molecule has 132 valence electrons. The van der Waals surface area contributed by atoms with Gasteiger partial charge in [-0.3, -0.25) is 9.59 Å². The molecule has 0 aliphatic heterocycles. The van der Waals surface area contributed by atoms with E-state index in [1.54, 1.807) is 19.1 Å². The molecule has 3 rings (SSSR count). The summed E-state index contributed by atoms with van der Waals surface area (Å²) in [7, 11) is 0. The SMILES string of the molecule is CCOC(=O)c1c[nH]c2ccc(NC(=O)c3cccc(F)c3)cc2c1=O. The van der Waals surface area contributed by atoms with Crippen molar-refractivity contribution in [3.8, 4) is 0 Å². The number of H-pyrrole nitrogens is 1. The number of pyridine rings is 1. The van der Waals surface area contributed by atoms with E-state index in [1.807, 2.05) is 0 Å². The molecule has 6 nitrogen and oxygen atoms in total. The van der Waals surface area contributed by atoms with Crippen LogP contribution in [0.3, 0.4) is 0 Å². The van der Waals surface area contributed by atoms with Crippen LogP contribution in [-0.2, 0) is 4.74 Å². The normalized spacial score (nSPS) is 10.5. The molecular formula is C19H15FN2O4. The molecule has 3 aromatic rings. The van der Waals surface area contributed by atoms with E-state index >= 15 is 0 Å². The maximum Gasteiger partial charge on any atom is 0.343 e. The fourth-order valence-electron chi connectivity index (χ4n) is 2.49. The zero-order chi connectivity index (χ0) is 18.7. The van der Waals surface area contributed by atoms with Crippen molar-refractivity contribution in [3.05, 3.63) is 75.8 Å². The zero-order valence-corrected chi connectivity index (χ0v) is 13.8. The highest BCUT2D eigenvalue weighted by atomic mass is 19.1. The highest BCUT2D eigenvalue weighted by Crippen LogP contribution is 2.17. The topological polar surface area (TPSA) is 88.3 Å². The number of carbonyl (C=O) groups is 2. The highest BCUT2D eigenvalue weighted by molar-refractivity contribution is 6.05. The van der Waals surface area contributed by atoms with Crippen LogP contribution in [0, 0.1) is 5.82 Å². The maximum atomic E-state index is 13.2. The number of fused-ring (bicyclic) bond motifs is 1. The number of amides is 1. The Hall–Kier alpha value is -3.48. The van der Waals surface area contributed by atoms with Crippen LogP contribution in [0.1, 0.15) is 27.6 Å². The number of hydrogen-bond donors (Lipinski definition) is 2. The zero-order valence-electron chi connectivity index (χ0n) is 13.8. The monoisotopic (exact) mass is 354 g/mol. The number of nitrogens with one attached hydrogen (secondary N) is 2. The van der Waals surface area contributed by atoms with Gasteiger partial charge in [-0.15, -0.1) is 0 Å². The van der Waals surface area contributed by atoms with E-state index in [-0.39, 0.29) is 23.1 Å². The Morgan fingerprint density at radius 1 is 1.19 bits per heavy atom. The first-order valence-electron chi connectivity index (χ1n) is 7.89. The number of hydrogen-bond acceptors (Lipinski definition) is 4. The summed E-state index contributed by atoms with van der Waals surface area (Å²) < 4.78 is 18.1. The van der Waals surface area contributed by atoms with Gasteiger partial charge in [-0.05, 0) is 43.3 Å². The molecule has 0 bridgehead atoms. The van der Waals surface area contributed by atoms with Crippen molar-refractivity contribution in [2.45, 2.75) is 6.92 Å². The number of aromatic amines is 1. The Kier molecular flexibility index (Phi) is 4.79. The van der Waals surface area contributed by atoms with Gasteiger partial charge in [0.2, 0.25) is 5.43 Å². The van der Waals surface area contributed by atoms with E-state index in [4.69, 9.17) is 4.74 Å². The lowest BCUT2D eigenvalue weighted by molar-refractivity contribution is 0.0524. The van der Waals surface area contributed by atoms with E-state index in [2.05, 4.69) is 10.3 Å². The van der Waals surface area contributed by atoms with Crippen LogP contribution in [0.25, 0.3) is 10.9 Å². The van der Waals surface area contributed by atoms with Crippen LogP contribution < -0.4 is 10.7 Å². The molecule has 0 fully saturated rings. The Balaban J connectivity index is 1.95.